The van der Waals surface area contributed by atoms with Crippen LogP contribution in [0.4, 0.5) is 0 Å². The predicted octanol–water partition coefficient (Wildman–Crippen LogP) is -1.73. The van der Waals surface area contributed by atoms with Gasteiger partial charge in [-0.2, -0.15) is 0 Å². The lowest BCUT2D eigenvalue weighted by molar-refractivity contribution is -0.142. The van der Waals surface area contributed by atoms with E-state index >= 15 is 0 Å². The van der Waals surface area contributed by atoms with Crippen LogP contribution in [0.1, 0.15) is 39.7 Å². The van der Waals surface area contributed by atoms with Crippen LogP contribution < -0.4 is 26.6 Å². The summed E-state index contributed by atoms with van der Waals surface area (Å²) in [4.78, 5) is 92.9. The van der Waals surface area contributed by atoms with Crippen molar-refractivity contribution in [2.24, 2.45) is 5.41 Å². The molecule has 1 heterocycles. The van der Waals surface area contributed by atoms with Gasteiger partial charge in [-0.3, -0.25) is 33.7 Å². The molecule has 1 aromatic rings. The van der Waals surface area contributed by atoms with E-state index in [-0.39, 0.29) is 76.2 Å². The van der Waals surface area contributed by atoms with Crippen LogP contribution in [0.25, 0.3) is 0 Å². The molecule has 17 heteroatoms. The van der Waals surface area contributed by atoms with Gasteiger partial charge in [-0.15, -0.1) is 0 Å². The number of carbonyl (C=O) groups excluding carboxylic acids is 8. The number of aldehydes is 1. The summed E-state index contributed by atoms with van der Waals surface area (Å²) in [6, 6.07) is 8.37. The molecule has 0 saturated heterocycles. The number of likely N-dealkylation sites (N-methyl/N-ethyl adjacent to an activating group) is 1. The summed E-state index contributed by atoms with van der Waals surface area (Å²) in [5, 5.41) is 12.7. The number of carbonyl (C=O) groups is 8. The van der Waals surface area contributed by atoms with E-state index in [1.54, 1.807) is 34.7 Å². The molecule has 0 fully saturated rings. The van der Waals surface area contributed by atoms with E-state index in [4.69, 9.17) is 17.3 Å². The van der Waals surface area contributed by atoms with Crippen LogP contribution in [-0.2, 0) is 54.3 Å². The average molecular weight is 699 g/mol. The molecule has 1 aliphatic rings. The van der Waals surface area contributed by atoms with Crippen molar-refractivity contribution >= 4 is 55.3 Å². The van der Waals surface area contributed by atoms with Gasteiger partial charge in [-0.1, -0.05) is 44.2 Å². The number of imide groups is 1. The largest absolute Gasteiger partial charge is 0.374 e. The lowest BCUT2D eigenvalue weighted by atomic mass is 9.88. The SMILES string of the molecule is CC(C)(CN1C(=O)C=CC1=O)OCCC(C)(C)C(=O)NCC=O.[B]C(=O)COCNC(=O)CNC(=O)C(Cc1ccccc1)NC(=O)CNC. The highest BCUT2D eigenvalue weighted by atomic mass is 16.5. The fourth-order valence-corrected chi connectivity index (χ4v) is 4.18. The Bertz CT molecular complexity index is 1350. The zero-order chi connectivity index (χ0) is 37.7. The summed E-state index contributed by atoms with van der Waals surface area (Å²) in [5.74, 6) is -2.25. The predicted molar refractivity (Wildman–Crippen MR) is 182 cm³/mol. The first-order valence-corrected chi connectivity index (χ1v) is 15.8. The molecule has 1 unspecified atom stereocenters. The van der Waals surface area contributed by atoms with E-state index in [1.165, 1.54) is 12.2 Å². The van der Waals surface area contributed by atoms with Crippen molar-refractivity contribution in [3.63, 3.8) is 0 Å². The number of hydrogen-bond donors (Lipinski definition) is 5. The Balaban J connectivity index is 0.000000506. The minimum atomic E-state index is -0.827. The second kappa shape index (κ2) is 22.1. The molecule has 16 nitrogen and oxygen atoms in total. The van der Waals surface area contributed by atoms with Crippen LogP contribution in [0.5, 0.6) is 0 Å². The van der Waals surface area contributed by atoms with E-state index < -0.39 is 34.6 Å². The number of hydrogen-bond acceptors (Lipinski definition) is 11. The molecule has 2 radical (unpaired) electrons. The van der Waals surface area contributed by atoms with E-state index in [0.717, 1.165) is 10.5 Å². The minimum Gasteiger partial charge on any atom is -0.374 e. The Morgan fingerprint density at radius 2 is 1.56 bits per heavy atom. The van der Waals surface area contributed by atoms with Gasteiger partial charge >= 0.3 is 0 Å². The summed E-state index contributed by atoms with van der Waals surface area (Å²) in [6.07, 6.45) is 3.83. The van der Waals surface area contributed by atoms with Crippen molar-refractivity contribution in [3.05, 3.63) is 48.0 Å². The molecule has 1 aromatic carbocycles. The maximum atomic E-state index is 12.4. The molecule has 2 rings (SSSR count). The fraction of sp³-hybridized carbons (Fsp3) is 0.515. The van der Waals surface area contributed by atoms with Crippen LogP contribution in [-0.4, -0.2) is 125 Å². The summed E-state index contributed by atoms with van der Waals surface area (Å²) in [5.41, 5.74) is -1.18. The normalized spacial score (nSPS) is 13.1. The molecule has 5 N–H and O–H groups in total. The molecule has 0 bridgehead atoms. The van der Waals surface area contributed by atoms with Gasteiger partial charge in [0.15, 0.2) is 7.85 Å². The molecule has 0 saturated carbocycles. The average Bonchev–Trinajstić information content (AvgIpc) is 3.36. The first-order chi connectivity index (χ1) is 23.5. The fourth-order valence-electron chi connectivity index (χ4n) is 4.18. The molecule has 0 aromatic heterocycles. The van der Waals surface area contributed by atoms with Crippen molar-refractivity contribution in [3.8, 4) is 0 Å². The highest BCUT2D eigenvalue weighted by molar-refractivity contribution is 6.58. The van der Waals surface area contributed by atoms with E-state index in [1.807, 2.05) is 30.3 Å². The highest BCUT2D eigenvalue weighted by Gasteiger charge is 2.33. The summed E-state index contributed by atoms with van der Waals surface area (Å²) in [7, 11) is 6.51. The van der Waals surface area contributed by atoms with Gasteiger partial charge in [-0.05, 0) is 32.9 Å². The van der Waals surface area contributed by atoms with Crippen molar-refractivity contribution in [2.45, 2.75) is 52.2 Å². The van der Waals surface area contributed by atoms with Gasteiger partial charge in [0, 0.05) is 30.6 Å². The third-order valence-electron chi connectivity index (χ3n) is 6.93. The Kier molecular flexibility index (Phi) is 19.1. The summed E-state index contributed by atoms with van der Waals surface area (Å²) >= 11 is 0. The van der Waals surface area contributed by atoms with Crippen molar-refractivity contribution in [1.29, 1.82) is 0 Å². The number of nitrogens with zero attached hydrogens (tertiary/aromatic N) is 1. The quantitative estimate of drug-likeness (QED) is 0.0320. The summed E-state index contributed by atoms with van der Waals surface area (Å²) in [6.45, 7) is 6.77. The molecular weight excluding hydrogens is 651 g/mol. The monoisotopic (exact) mass is 698 g/mol. The lowest BCUT2D eigenvalue weighted by Gasteiger charge is -2.31. The van der Waals surface area contributed by atoms with Crippen molar-refractivity contribution in [2.75, 3.05) is 53.2 Å². The van der Waals surface area contributed by atoms with Crippen LogP contribution >= 0.6 is 0 Å². The standard InChI is InChI=1S/C17H23BN4O5.C16H24N2O5/c1-19-8-16(25)22-13(7-12-5-3-2-4-6-12)17(26)20-9-15(24)21-11-27-10-14(18)23;1-15(2,14(22)17-8-9-19)7-10-23-16(3,4)11-18-12(20)5-6-13(18)21/h2-6,13,19H,7-11H2,1H3,(H,20,26)(H,21,24)(H,22,25);5-6,9H,7-8,10-11H2,1-4H3,(H,17,22). The van der Waals surface area contributed by atoms with Crippen LogP contribution in [0.2, 0.25) is 0 Å². The first-order valence-electron chi connectivity index (χ1n) is 15.8. The second-order valence-electron chi connectivity index (χ2n) is 12.3. The Hall–Kier alpha value is -4.74. The molecule has 6 amide bonds. The summed E-state index contributed by atoms with van der Waals surface area (Å²) < 4.78 is 10.6. The van der Waals surface area contributed by atoms with Crippen LogP contribution in [0.3, 0.4) is 0 Å². The zero-order valence-corrected chi connectivity index (χ0v) is 29.2. The molecule has 1 aliphatic heterocycles. The maximum absolute atomic E-state index is 12.4. The minimum absolute atomic E-state index is 0.0131. The molecule has 1 atom stereocenters. The van der Waals surface area contributed by atoms with Gasteiger partial charge in [0.25, 0.3) is 11.8 Å². The van der Waals surface area contributed by atoms with E-state index in [0.29, 0.717) is 12.7 Å². The zero-order valence-electron chi connectivity index (χ0n) is 29.2. The van der Waals surface area contributed by atoms with Gasteiger partial charge in [-0.25, -0.2) is 0 Å². The Morgan fingerprint density at radius 1 is 0.920 bits per heavy atom. The number of rotatable bonds is 21. The highest BCUT2D eigenvalue weighted by Crippen LogP contribution is 2.23. The van der Waals surface area contributed by atoms with Crippen LogP contribution in [0.15, 0.2) is 42.5 Å². The smallest absolute Gasteiger partial charge is 0.253 e. The van der Waals surface area contributed by atoms with Gasteiger partial charge in [0.2, 0.25) is 23.6 Å². The third kappa shape index (κ3) is 17.6. The molecule has 0 aliphatic carbocycles. The van der Waals surface area contributed by atoms with E-state index in [2.05, 4.69) is 26.6 Å². The van der Waals surface area contributed by atoms with Gasteiger partial charge in [0.1, 0.15) is 24.7 Å². The van der Waals surface area contributed by atoms with Crippen LogP contribution in [0, 0.1) is 5.41 Å². The van der Waals surface area contributed by atoms with Gasteiger partial charge in [0.05, 0.1) is 38.4 Å². The molecular formula is C33H47BN6O10. The Labute approximate surface area is 293 Å². The molecule has 50 heavy (non-hydrogen) atoms. The topological polar surface area (TPSA) is 218 Å². The van der Waals surface area contributed by atoms with Crippen molar-refractivity contribution in [1.82, 2.24) is 31.5 Å². The second-order valence-corrected chi connectivity index (χ2v) is 12.3. The number of ether oxygens (including phenoxy) is 2. The lowest BCUT2D eigenvalue weighted by Crippen LogP contribution is -2.51. The maximum Gasteiger partial charge on any atom is 0.253 e. The van der Waals surface area contributed by atoms with Crippen molar-refractivity contribution < 1.29 is 47.8 Å². The number of benzene rings is 1. The number of amides is 6. The molecule has 0 spiro atoms. The third-order valence-corrected chi connectivity index (χ3v) is 6.93. The van der Waals surface area contributed by atoms with E-state index in [9.17, 15) is 38.4 Å². The Morgan fingerprint density at radius 3 is 2.14 bits per heavy atom. The molecule has 272 valence electrons. The first kappa shape index (κ1) is 43.3. The number of nitrogens with one attached hydrogen (secondary N) is 5. The van der Waals surface area contributed by atoms with Gasteiger partial charge < -0.3 is 45.6 Å².